The van der Waals surface area contributed by atoms with Crippen LogP contribution in [0.4, 0.5) is 0 Å². The van der Waals surface area contributed by atoms with E-state index >= 15 is 0 Å². The van der Waals surface area contributed by atoms with Gasteiger partial charge in [-0.1, -0.05) is 46.4 Å². The molecule has 0 aromatic heterocycles. The molecular formula is C13H30N2Si. The van der Waals surface area contributed by atoms with Crippen LogP contribution in [-0.2, 0) is 0 Å². The highest BCUT2D eigenvalue weighted by molar-refractivity contribution is 6.78. The van der Waals surface area contributed by atoms with Gasteiger partial charge < -0.3 is 9.13 Å². The van der Waals surface area contributed by atoms with Crippen molar-refractivity contribution in [2.45, 2.75) is 47.6 Å². The summed E-state index contributed by atoms with van der Waals surface area (Å²) in [5, 5.41) is 0. The van der Waals surface area contributed by atoms with E-state index in [1.165, 1.54) is 0 Å². The van der Waals surface area contributed by atoms with Crippen molar-refractivity contribution in [3.63, 3.8) is 0 Å². The number of allylic oxidation sites excluding steroid dienone is 1. The van der Waals surface area contributed by atoms with Crippen LogP contribution in [0.25, 0.3) is 0 Å². The fourth-order valence-electron chi connectivity index (χ4n) is 2.48. The molecule has 0 heterocycles. The molecule has 0 unspecified atom stereocenters. The van der Waals surface area contributed by atoms with Crippen LogP contribution in [0.2, 0.25) is 6.55 Å². The van der Waals surface area contributed by atoms with E-state index in [2.05, 4.69) is 62.1 Å². The van der Waals surface area contributed by atoms with Crippen LogP contribution in [0, 0.1) is 0 Å². The molecule has 0 bridgehead atoms. The molecule has 0 radical (unpaired) electrons. The molecule has 0 atom stereocenters. The first-order valence-electron chi connectivity index (χ1n) is 6.78. The summed E-state index contributed by atoms with van der Waals surface area (Å²) in [6.07, 6.45) is 3.49. The topological polar surface area (TPSA) is 6.48 Å². The zero-order chi connectivity index (χ0) is 12.6. The van der Waals surface area contributed by atoms with Gasteiger partial charge in [0.1, 0.15) is 0 Å². The first-order chi connectivity index (χ1) is 7.60. The molecule has 3 heteroatoms. The first kappa shape index (κ1) is 15.9. The van der Waals surface area contributed by atoms with Crippen LogP contribution >= 0.6 is 0 Å². The van der Waals surface area contributed by atoms with Crippen molar-refractivity contribution in [3.8, 4) is 0 Å². The van der Waals surface area contributed by atoms with E-state index in [0.29, 0.717) is 0 Å². The minimum absolute atomic E-state index is 1.14. The van der Waals surface area contributed by atoms with Gasteiger partial charge in [0.2, 0.25) is 8.40 Å². The molecule has 96 valence electrons. The maximum atomic E-state index is 2.66. The van der Waals surface area contributed by atoms with Gasteiger partial charge in [0.25, 0.3) is 0 Å². The highest BCUT2D eigenvalue weighted by Gasteiger charge is 2.35. The average molecular weight is 242 g/mol. The van der Waals surface area contributed by atoms with Crippen molar-refractivity contribution in [1.29, 1.82) is 0 Å². The average Bonchev–Trinajstić information content (AvgIpc) is 2.29. The lowest BCUT2D eigenvalue weighted by Crippen LogP contribution is -2.62. The van der Waals surface area contributed by atoms with Crippen LogP contribution < -0.4 is 0 Å². The molecule has 0 aromatic carbocycles. The van der Waals surface area contributed by atoms with Gasteiger partial charge in [-0.25, -0.2) is 0 Å². The van der Waals surface area contributed by atoms with Crippen molar-refractivity contribution in [3.05, 3.63) is 11.8 Å². The van der Waals surface area contributed by atoms with E-state index in [1.807, 2.05) is 0 Å². The standard InChI is InChI=1S/C13H30N2Si/c1-7-12-13-16(6,14(8-2)9-3)15(10-4)11-5/h12-13H,7-11H2,1-6H3. The summed E-state index contributed by atoms with van der Waals surface area (Å²) in [4.78, 5) is 0. The van der Waals surface area contributed by atoms with Gasteiger partial charge in [-0.05, 0) is 39.1 Å². The second kappa shape index (κ2) is 8.04. The van der Waals surface area contributed by atoms with Crippen LogP contribution in [0.15, 0.2) is 11.8 Å². The monoisotopic (exact) mass is 242 g/mol. The fraction of sp³-hybridized carbons (Fsp3) is 0.846. The number of hydrogen-bond acceptors (Lipinski definition) is 2. The minimum atomic E-state index is -1.54. The van der Waals surface area contributed by atoms with Crippen molar-refractivity contribution in [2.75, 3.05) is 26.2 Å². The van der Waals surface area contributed by atoms with Gasteiger partial charge in [-0.15, -0.1) is 0 Å². The van der Waals surface area contributed by atoms with Crippen molar-refractivity contribution in [2.24, 2.45) is 0 Å². The summed E-state index contributed by atoms with van der Waals surface area (Å²) in [5.74, 6) is 0. The van der Waals surface area contributed by atoms with Crippen molar-refractivity contribution >= 4 is 8.40 Å². The molecule has 0 fully saturated rings. The highest BCUT2D eigenvalue weighted by atomic mass is 28.3. The summed E-state index contributed by atoms with van der Waals surface area (Å²) in [6, 6.07) is 0. The quantitative estimate of drug-likeness (QED) is 0.603. The molecule has 0 spiro atoms. The highest BCUT2D eigenvalue weighted by Crippen LogP contribution is 2.17. The van der Waals surface area contributed by atoms with E-state index in [9.17, 15) is 0 Å². The zero-order valence-electron chi connectivity index (χ0n) is 12.1. The largest absolute Gasteiger partial charge is 0.309 e. The predicted octanol–water partition coefficient (Wildman–Crippen LogP) is 3.25. The van der Waals surface area contributed by atoms with Crippen LogP contribution in [0.5, 0.6) is 0 Å². The third-order valence-corrected chi connectivity index (χ3v) is 8.17. The number of nitrogens with zero attached hydrogens (tertiary/aromatic N) is 2. The van der Waals surface area contributed by atoms with E-state index in [4.69, 9.17) is 0 Å². The van der Waals surface area contributed by atoms with Crippen LogP contribution in [0.3, 0.4) is 0 Å². The maximum Gasteiger partial charge on any atom is 0.228 e. The second-order valence-electron chi connectivity index (χ2n) is 4.25. The Bertz CT molecular complexity index is 184. The van der Waals surface area contributed by atoms with Gasteiger partial charge in [-0.2, -0.15) is 0 Å². The predicted molar refractivity (Wildman–Crippen MR) is 76.9 cm³/mol. The molecule has 0 aliphatic heterocycles. The summed E-state index contributed by atoms with van der Waals surface area (Å²) >= 11 is 0. The van der Waals surface area contributed by atoms with Gasteiger partial charge in [0.15, 0.2) is 0 Å². The van der Waals surface area contributed by atoms with E-state index in [0.717, 1.165) is 32.6 Å². The molecule has 0 aliphatic carbocycles. The molecule has 16 heavy (non-hydrogen) atoms. The molecule has 0 rings (SSSR count). The summed E-state index contributed by atoms with van der Waals surface area (Å²) < 4.78 is 5.32. The Morgan fingerprint density at radius 3 is 1.44 bits per heavy atom. The molecule has 0 aromatic rings. The Hall–Kier alpha value is -0.123. The summed E-state index contributed by atoms with van der Waals surface area (Å²) in [5.41, 5.74) is 2.51. The summed E-state index contributed by atoms with van der Waals surface area (Å²) in [6.45, 7) is 18.4. The first-order valence-corrected chi connectivity index (χ1v) is 9.25. The molecule has 0 amide bonds. The van der Waals surface area contributed by atoms with Crippen LogP contribution in [0.1, 0.15) is 41.0 Å². The van der Waals surface area contributed by atoms with Crippen molar-refractivity contribution in [1.82, 2.24) is 9.13 Å². The third-order valence-electron chi connectivity index (χ3n) is 3.48. The Morgan fingerprint density at radius 2 is 1.19 bits per heavy atom. The Labute approximate surface area is 103 Å². The van der Waals surface area contributed by atoms with Gasteiger partial charge in [-0.3, -0.25) is 0 Å². The number of rotatable bonds is 8. The molecule has 0 saturated heterocycles. The van der Waals surface area contributed by atoms with E-state index in [1.54, 1.807) is 0 Å². The second-order valence-corrected chi connectivity index (χ2v) is 8.04. The Balaban J connectivity index is 5.05. The van der Waals surface area contributed by atoms with Crippen LogP contribution in [-0.4, -0.2) is 43.7 Å². The van der Waals surface area contributed by atoms with Gasteiger partial charge in [0, 0.05) is 0 Å². The van der Waals surface area contributed by atoms with Gasteiger partial charge in [0.05, 0.1) is 0 Å². The normalized spacial score (nSPS) is 13.2. The third kappa shape index (κ3) is 3.72. The molecular weight excluding hydrogens is 212 g/mol. The SMILES string of the molecule is CCC=C[Si](C)(N(CC)CC)N(CC)CC. The minimum Gasteiger partial charge on any atom is -0.309 e. The lowest BCUT2D eigenvalue weighted by molar-refractivity contribution is 0.366. The smallest absolute Gasteiger partial charge is 0.228 e. The van der Waals surface area contributed by atoms with Crippen molar-refractivity contribution < 1.29 is 0 Å². The Kier molecular flexibility index (Phi) is 7.98. The lowest BCUT2D eigenvalue weighted by atomic mass is 10.5. The molecule has 0 N–H and O–H groups in total. The molecule has 0 saturated carbocycles. The lowest BCUT2D eigenvalue weighted by Gasteiger charge is -2.43. The fourth-order valence-corrected chi connectivity index (χ4v) is 6.54. The molecule has 2 nitrogen and oxygen atoms in total. The zero-order valence-corrected chi connectivity index (χ0v) is 13.1. The van der Waals surface area contributed by atoms with E-state index < -0.39 is 8.40 Å². The number of hydrogen-bond donors (Lipinski definition) is 0. The maximum absolute atomic E-state index is 2.66. The van der Waals surface area contributed by atoms with E-state index in [-0.39, 0.29) is 0 Å². The molecule has 0 aliphatic rings. The summed E-state index contributed by atoms with van der Waals surface area (Å²) in [7, 11) is -1.54. The van der Waals surface area contributed by atoms with Gasteiger partial charge >= 0.3 is 0 Å². The Morgan fingerprint density at radius 1 is 0.812 bits per heavy atom.